The van der Waals surface area contributed by atoms with Crippen LogP contribution in [0.1, 0.15) is 28.8 Å². The van der Waals surface area contributed by atoms with Gasteiger partial charge in [-0.25, -0.2) is 13.2 Å². The van der Waals surface area contributed by atoms with Crippen LogP contribution in [0.4, 0.5) is 5.69 Å². The highest BCUT2D eigenvalue weighted by atomic mass is 32.2. The number of aromatic carboxylic acids is 1. The van der Waals surface area contributed by atoms with E-state index in [1.54, 1.807) is 12.1 Å². The number of carboxylic acids is 1. The van der Waals surface area contributed by atoms with E-state index in [1.807, 2.05) is 19.1 Å². The Morgan fingerprint density at radius 2 is 1.88 bits per heavy atom. The van der Waals surface area contributed by atoms with Gasteiger partial charge >= 0.3 is 5.97 Å². The molecule has 0 spiro atoms. The zero-order valence-electron chi connectivity index (χ0n) is 14.6. The summed E-state index contributed by atoms with van der Waals surface area (Å²) in [5.74, 6) is -1.23. The topological polar surface area (TPSA) is 93.1 Å². The number of hydrogen-bond acceptors (Lipinski definition) is 5. The molecule has 0 aromatic heterocycles. The van der Waals surface area contributed by atoms with Crippen LogP contribution in [0.15, 0.2) is 41.3 Å². The average molecular weight is 377 g/mol. The van der Waals surface area contributed by atoms with Gasteiger partial charge in [-0.05, 0) is 17.7 Å². The van der Waals surface area contributed by atoms with E-state index in [0.717, 1.165) is 11.6 Å². The summed E-state index contributed by atoms with van der Waals surface area (Å²) in [6.45, 7) is 2.24. The number of hydrogen-bond donors (Lipinski definition) is 1. The van der Waals surface area contributed by atoms with Gasteiger partial charge in [-0.15, -0.1) is 0 Å². The van der Waals surface area contributed by atoms with E-state index in [0.29, 0.717) is 12.2 Å². The lowest BCUT2D eigenvalue weighted by Gasteiger charge is -2.21. The summed E-state index contributed by atoms with van der Waals surface area (Å²) in [5.41, 5.74) is 1.27. The Morgan fingerprint density at radius 3 is 2.50 bits per heavy atom. The van der Waals surface area contributed by atoms with Crippen LogP contribution in [-0.4, -0.2) is 40.3 Å². The molecule has 1 aliphatic rings. The van der Waals surface area contributed by atoms with E-state index in [9.17, 15) is 18.3 Å². The number of sulfonamides is 1. The highest BCUT2D eigenvalue weighted by Gasteiger charge is 2.35. The minimum Gasteiger partial charge on any atom is -0.493 e. The second-order valence-corrected chi connectivity index (χ2v) is 7.87. The molecule has 7 nitrogen and oxygen atoms in total. The molecule has 0 amide bonds. The van der Waals surface area contributed by atoms with Gasteiger partial charge in [0.15, 0.2) is 11.5 Å². The SMILES string of the molecule is COc1cc(S(=O)(=O)N2C[C@H](C)c3ccccc32)cc(C(=O)O)c1OC. The number of nitrogens with zero attached hydrogens (tertiary/aromatic N) is 1. The van der Waals surface area contributed by atoms with Crippen molar-refractivity contribution in [2.24, 2.45) is 0 Å². The lowest BCUT2D eigenvalue weighted by Crippen LogP contribution is -2.30. The third-order valence-electron chi connectivity index (χ3n) is 4.45. The molecule has 0 unspecified atom stereocenters. The van der Waals surface area contributed by atoms with E-state index in [2.05, 4.69) is 0 Å². The van der Waals surface area contributed by atoms with E-state index in [1.165, 1.54) is 24.6 Å². The minimum atomic E-state index is -3.96. The first-order valence-electron chi connectivity index (χ1n) is 7.92. The van der Waals surface area contributed by atoms with Crippen molar-refractivity contribution in [1.29, 1.82) is 0 Å². The monoisotopic (exact) mass is 377 g/mol. The number of carboxylic acid groups (broad SMARTS) is 1. The van der Waals surface area contributed by atoms with Crippen LogP contribution in [0, 0.1) is 0 Å². The quantitative estimate of drug-likeness (QED) is 0.861. The molecule has 0 aliphatic carbocycles. The summed E-state index contributed by atoms with van der Waals surface area (Å²) in [6.07, 6.45) is 0. The largest absolute Gasteiger partial charge is 0.493 e. The fourth-order valence-corrected chi connectivity index (χ4v) is 4.80. The Bertz CT molecular complexity index is 970. The first-order chi connectivity index (χ1) is 12.3. The van der Waals surface area contributed by atoms with Crippen molar-refractivity contribution in [2.45, 2.75) is 17.7 Å². The number of fused-ring (bicyclic) bond motifs is 1. The van der Waals surface area contributed by atoms with Gasteiger partial charge in [0.2, 0.25) is 0 Å². The van der Waals surface area contributed by atoms with Crippen molar-refractivity contribution in [3.63, 3.8) is 0 Å². The van der Waals surface area contributed by atoms with Crippen molar-refractivity contribution >= 4 is 21.7 Å². The smallest absolute Gasteiger partial charge is 0.339 e. The molecule has 2 aromatic carbocycles. The summed E-state index contributed by atoms with van der Waals surface area (Å²) < 4.78 is 38.0. The van der Waals surface area contributed by atoms with Crippen molar-refractivity contribution in [2.75, 3.05) is 25.1 Å². The molecule has 0 saturated carbocycles. The highest BCUT2D eigenvalue weighted by Crippen LogP contribution is 2.41. The lowest BCUT2D eigenvalue weighted by molar-refractivity contribution is 0.0692. The predicted octanol–water partition coefficient (Wildman–Crippen LogP) is 2.71. The van der Waals surface area contributed by atoms with Crippen molar-refractivity contribution < 1.29 is 27.8 Å². The molecule has 1 heterocycles. The van der Waals surface area contributed by atoms with Gasteiger partial charge in [-0.2, -0.15) is 0 Å². The summed E-state index contributed by atoms with van der Waals surface area (Å²) in [4.78, 5) is 11.4. The average Bonchev–Trinajstić information content (AvgIpc) is 2.98. The highest BCUT2D eigenvalue weighted by molar-refractivity contribution is 7.92. The van der Waals surface area contributed by atoms with Gasteiger partial charge in [0, 0.05) is 18.5 Å². The lowest BCUT2D eigenvalue weighted by atomic mass is 10.0. The molecule has 2 aromatic rings. The molecule has 3 rings (SSSR count). The van der Waals surface area contributed by atoms with Crippen LogP contribution < -0.4 is 13.8 Å². The van der Waals surface area contributed by atoms with Gasteiger partial charge < -0.3 is 14.6 Å². The van der Waals surface area contributed by atoms with Crippen LogP contribution >= 0.6 is 0 Å². The second kappa shape index (κ2) is 6.53. The molecular weight excluding hydrogens is 358 g/mol. The third-order valence-corrected chi connectivity index (χ3v) is 6.20. The Kier molecular flexibility index (Phi) is 4.53. The fourth-order valence-electron chi connectivity index (χ4n) is 3.18. The molecule has 26 heavy (non-hydrogen) atoms. The number of benzene rings is 2. The Hall–Kier alpha value is -2.74. The van der Waals surface area contributed by atoms with Crippen LogP contribution in [0.5, 0.6) is 11.5 Å². The van der Waals surface area contributed by atoms with Gasteiger partial charge in [0.05, 0.1) is 24.8 Å². The normalized spacial score (nSPS) is 16.3. The number of para-hydroxylation sites is 1. The molecule has 138 valence electrons. The van der Waals surface area contributed by atoms with Gasteiger partial charge in [-0.3, -0.25) is 4.31 Å². The van der Waals surface area contributed by atoms with E-state index >= 15 is 0 Å². The van der Waals surface area contributed by atoms with Gasteiger partial charge in [0.25, 0.3) is 10.0 Å². The van der Waals surface area contributed by atoms with E-state index in [4.69, 9.17) is 9.47 Å². The Balaban J connectivity index is 2.17. The van der Waals surface area contributed by atoms with Crippen molar-refractivity contribution in [3.05, 3.63) is 47.5 Å². The molecule has 8 heteroatoms. The molecule has 1 N–H and O–H groups in total. The van der Waals surface area contributed by atoms with Crippen LogP contribution in [0.25, 0.3) is 0 Å². The van der Waals surface area contributed by atoms with Gasteiger partial charge in [-0.1, -0.05) is 25.1 Å². The number of ether oxygens (including phenoxy) is 2. The molecule has 0 bridgehead atoms. The molecule has 1 atom stereocenters. The van der Waals surface area contributed by atoms with Crippen LogP contribution in [0.2, 0.25) is 0 Å². The molecule has 1 aliphatic heterocycles. The standard InChI is InChI=1S/C18H19NO6S/c1-11-10-19(15-7-5-4-6-13(11)15)26(22,23)12-8-14(18(20)21)17(25-3)16(9-12)24-2/h4-9,11H,10H2,1-3H3,(H,20,21)/t11-/m0/s1. The zero-order chi connectivity index (χ0) is 19.1. The summed E-state index contributed by atoms with van der Waals surface area (Å²) in [7, 11) is -1.34. The number of anilines is 1. The predicted molar refractivity (Wildman–Crippen MR) is 95.9 cm³/mol. The number of rotatable bonds is 5. The molecule has 0 saturated heterocycles. The maximum atomic E-state index is 13.2. The van der Waals surface area contributed by atoms with Crippen LogP contribution in [-0.2, 0) is 10.0 Å². The molecule has 0 fully saturated rings. The molecule has 0 radical (unpaired) electrons. The number of methoxy groups -OCH3 is 2. The maximum absolute atomic E-state index is 13.2. The first-order valence-corrected chi connectivity index (χ1v) is 9.36. The minimum absolute atomic E-state index is 0.0193. The van der Waals surface area contributed by atoms with E-state index < -0.39 is 16.0 Å². The van der Waals surface area contributed by atoms with Crippen molar-refractivity contribution in [3.8, 4) is 11.5 Å². The zero-order valence-corrected chi connectivity index (χ0v) is 15.4. The number of carbonyl (C=O) groups is 1. The van der Waals surface area contributed by atoms with Gasteiger partial charge in [0.1, 0.15) is 5.56 Å². The van der Waals surface area contributed by atoms with Crippen molar-refractivity contribution in [1.82, 2.24) is 0 Å². The third kappa shape index (κ3) is 2.76. The summed E-state index contributed by atoms with van der Waals surface area (Å²) >= 11 is 0. The maximum Gasteiger partial charge on any atom is 0.339 e. The Labute approximate surface area is 151 Å². The van der Waals surface area contributed by atoms with Crippen LogP contribution in [0.3, 0.4) is 0 Å². The fraction of sp³-hybridized carbons (Fsp3) is 0.278. The molecular formula is C18H19NO6S. The summed E-state index contributed by atoms with van der Waals surface area (Å²) in [6, 6.07) is 9.67. The Morgan fingerprint density at radius 1 is 1.19 bits per heavy atom. The van der Waals surface area contributed by atoms with E-state index in [-0.39, 0.29) is 27.9 Å². The second-order valence-electron chi connectivity index (χ2n) is 6.01. The first kappa shape index (κ1) is 18.1. The summed E-state index contributed by atoms with van der Waals surface area (Å²) in [5, 5.41) is 9.43.